The van der Waals surface area contributed by atoms with Gasteiger partial charge in [0.05, 0.1) is 11.8 Å². The first-order valence-electron chi connectivity index (χ1n) is 6.44. The molecule has 1 aromatic carbocycles. The Hall–Kier alpha value is -0.990. The molecule has 1 amide bonds. The van der Waals surface area contributed by atoms with Crippen molar-refractivity contribution >= 4 is 31.9 Å². The summed E-state index contributed by atoms with van der Waals surface area (Å²) in [6.07, 6.45) is 1.64. The largest absolute Gasteiger partial charge is 0.352 e. The van der Waals surface area contributed by atoms with Gasteiger partial charge in [-0.1, -0.05) is 6.92 Å². The van der Waals surface area contributed by atoms with Crippen LogP contribution in [0.1, 0.15) is 23.7 Å². The van der Waals surface area contributed by atoms with E-state index in [1.165, 1.54) is 16.4 Å². The van der Waals surface area contributed by atoms with Crippen LogP contribution in [0.5, 0.6) is 0 Å². The molecule has 0 atom stereocenters. The molecule has 1 N–H and O–H groups in total. The number of carbonyl (C=O) groups excluding carboxylic acids is 1. The van der Waals surface area contributed by atoms with Crippen LogP contribution in [-0.4, -0.2) is 44.5 Å². The lowest BCUT2D eigenvalue weighted by atomic mass is 10.2. The van der Waals surface area contributed by atoms with Crippen molar-refractivity contribution < 1.29 is 17.6 Å². The number of rotatable bonds is 7. The van der Waals surface area contributed by atoms with Gasteiger partial charge in [-0.15, -0.1) is 0 Å². The standard InChI is InChI=1S/C13H18BrFN2O3S/c1-3-17(21(2,19)20)8-4-7-16-13(18)11-9-10(15)5-6-12(11)14/h5-6,9H,3-4,7-8H2,1-2H3,(H,16,18). The Bertz CT molecular complexity index is 607. The van der Waals surface area contributed by atoms with Crippen LogP contribution < -0.4 is 5.32 Å². The maximum absolute atomic E-state index is 13.1. The first-order chi connectivity index (χ1) is 9.75. The van der Waals surface area contributed by atoms with Crippen molar-refractivity contribution in [2.45, 2.75) is 13.3 Å². The predicted molar refractivity (Wildman–Crippen MR) is 83.1 cm³/mol. The van der Waals surface area contributed by atoms with E-state index < -0.39 is 21.7 Å². The lowest BCUT2D eigenvalue weighted by molar-refractivity contribution is 0.0951. The maximum Gasteiger partial charge on any atom is 0.252 e. The molecule has 0 spiro atoms. The number of nitrogens with zero attached hydrogens (tertiary/aromatic N) is 1. The van der Waals surface area contributed by atoms with Gasteiger partial charge in [0.25, 0.3) is 5.91 Å². The molecule has 118 valence electrons. The summed E-state index contributed by atoms with van der Waals surface area (Å²) in [6.45, 7) is 2.79. The number of nitrogens with one attached hydrogen (secondary N) is 1. The minimum absolute atomic E-state index is 0.213. The molecule has 21 heavy (non-hydrogen) atoms. The van der Waals surface area contributed by atoms with E-state index in [4.69, 9.17) is 0 Å². The number of sulfonamides is 1. The highest BCUT2D eigenvalue weighted by molar-refractivity contribution is 9.10. The zero-order valence-corrected chi connectivity index (χ0v) is 14.3. The van der Waals surface area contributed by atoms with Crippen LogP contribution in [0, 0.1) is 5.82 Å². The minimum Gasteiger partial charge on any atom is -0.352 e. The van der Waals surface area contributed by atoms with Crippen molar-refractivity contribution in [1.82, 2.24) is 9.62 Å². The summed E-state index contributed by atoms with van der Waals surface area (Å²) in [6, 6.07) is 3.87. The van der Waals surface area contributed by atoms with Crippen molar-refractivity contribution in [3.63, 3.8) is 0 Å². The van der Waals surface area contributed by atoms with E-state index in [1.807, 2.05) is 0 Å². The fourth-order valence-electron chi connectivity index (χ4n) is 1.78. The lowest BCUT2D eigenvalue weighted by Gasteiger charge is -2.17. The van der Waals surface area contributed by atoms with E-state index in [2.05, 4.69) is 21.2 Å². The topological polar surface area (TPSA) is 66.5 Å². The van der Waals surface area contributed by atoms with Crippen LogP contribution in [0.25, 0.3) is 0 Å². The molecule has 0 fully saturated rings. The normalized spacial score (nSPS) is 11.7. The number of hydrogen-bond donors (Lipinski definition) is 1. The van der Waals surface area contributed by atoms with E-state index >= 15 is 0 Å². The molecule has 0 aliphatic carbocycles. The van der Waals surface area contributed by atoms with Crippen molar-refractivity contribution in [1.29, 1.82) is 0 Å². The van der Waals surface area contributed by atoms with Gasteiger partial charge in [0.1, 0.15) is 5.82 Å². The zero-order valence-electron chi connectivity index (χ0n) is 11.9. The highest BCUT2D eigenvalue weighted by Gasteiger charge is 2.14. The van der Waals surface area contributed by atoms with Gasteiger partial charge in [-0.3, -0.25) is 4.79 Å². The second-order valence-corrected chi connectivity index (χ2v) is 7.33. The van der Waals surface area contributed by atoms with Crippen LogP contribution >= 0.6 is 15.9 Å². The van der Waals surface area contributed by atoms with E-state index in [-0.39, 0.29) is 5.56 Å². The molecule has 1 rings (SSSR count). The minimum atomic E-state index is -3.22. The van der Waals surface area contributed by atoms with Gasteiger partial charge in [0.15, 0.2) is 0 Å². The van der Waals surface area contributed by atoms with E-state index in [0.29, 0.717) is 30.5 Å². The molecule has 5 nitrogen and oxygen atoms in total. The fraction of sp³-hybridized carbons (Fsp3) is 0.462. The number of carbonyl (C=O) groups is 1. The first-order valence-corrected chi connectivity index (χ1v) is 9.08. The zero-order chi connectivity index (χ0) is 16.0. The van der Waals surface area contributed by atoms with Crippen LogP contribution in [0.4, 0.5) is 4.39 Å². The average Bonchev–Trinajstić information content (AvgIpc) is 2.39. The molecule has 0 aromatic heterocycles. The monoisotopic (exact) mass is 380 g/mol. The number of amides is 1. The summed E-state index contributed by atoms with van der Waals surface area (Å²) in [7, 11) is -3.22. The molecule has 1 aromatic rings. The van der Waals surface area contributed by atoms with Crippen LogP contribution in [0.2, 0.25) is 0 Å². The SMILES string of the molecule is CCN(CCCNC(=O)c1cc(F)ccc1Br)S(C)(=O)=O. The van der Waals surface area contributed by atoms with Gasteiger partial charge in [0, 0.05) is 24.1 Å². The molecule has 8 heteroatoms. The van der Waals surface area contributed by atoms with Gasteiger partial charge in [-0.25, -0.2) is 17.1 Å². The van der Waals surface area contributed by atoms with E-state index in [1.54, 1.807) is 6.92 Å². The summed E-state index contributed by atoms with van der Waals surface area (Å²) < 4.78 is 37.7. The Morgan fingerprint density at radius 1 is 1.43 bits per heavy atom. The Kier molecular flexibility index (Phi) is 6.76. The third kappa shape index (κ3) is 5.72. The molecule has 0 saturated heterocycles. The molecule has 0 unspecified atom stereocenters. The second kappa shape index (κ2) is 7.86. The summed E-state index contributed by atoms with van der Waals surface area (Å²) in [5.41, 5.74) is 0.213. The highest BCUT2D eigenvalue weighted by atomic mass is 79.9. The highest BCUT2D eigenvalue weighted by Crippen LogP contribution is 2.17. The third-order valence-electron chi connectivity index (χ3n) is 2.86. The Morgan fingerprint density at radius 3 is 2.67 bits per heavy atom. The second-order valence-electron chi connectivity index (χ2n) is 4.49. The number of halogens is 2. The summed E-state index contributed by atoms with van der Waals surface area (Å²) in [4.78, 5) is 11.9. The molecular weight excluding hydrogens is 363 g/mol. The maximum atomic E-state index is 13.1. The van der Waals surface area contributed by atoms with Crippen molar-refractivity contribution in [3.8, 4) is 0 Å². The first kappa shape index (κ1) is 18.1. The predicted octanol–water partition coefficient (Wildman–Crippen LogP) is 1.99. The number of benzene rings is 1. The molecule has 0 aliphatic heterocycles. The van der Waals surface area contributed by atoms with Crippen LogP contribution in [0.15, 0.2) is 22.7 Å². The number of hydrogen-bond acceptors (Lipinski definition) is 3. The molecular formula is C13H18BrFN2O3S. The summed E-state index contributed by atoms with van der Waals surface area (Å²) >= 11 is 3.19. The fourth-order valence-corrected chi connectivity index (χ4v) is 3.14. The van der Waals surface area contributed by atoms with E-state index in [0.717, 1.165) is 12.3 Å². The lowest BCUT2D eigenvalue weighted by Crippen LogP contribution is -2.33. The van der Waals surface area contributed by atoms with E-state index in [9.17, 15) is 17.6 Å². The van der Waals surface area contributed by atoms with Crippen molar-refractivity contribution in [3.05, 3.63) is 34.1 Å². The average molecular weight is 381 g/mol. The van der Waals surface area contributed by atoms with Gasteiger partial charge in [-0.2, -0.15) is 0 Å². The molecule has 0 heterocycles. The molecule has 0 bridgehead atoms. The Morgan fingerprint density at radius 2 is 2.10 bits per heavy atom. The van der Waals surface area contributed by atoms with Gasteiger partial charge >= 0.3 is 0 Å². The van der Waals surface area contributed by atoms with Crippen LogP contribution in [0.3, 0.4) is 0 Å². The van der Waals surface area contributed by atoms with Gasteiger partial charge in [0.2, 0.25) is 10.0 Å². The third-order valence-corrected chi connectivity index (χ3v) is 4.93. The van der Waals surface area contributed by atoms with Crippen LogP contribution in [-0.2, 0) is 10.0 Å². The summed E-state index contributed by atoms with van der Waals surface area (Å²) in [5, 5.41) is 2.64. The quantitative estimate of drug-likeness (QED) is 0.735. The molecule has 0 saturated carbocycles. The molecule has 0 aliphatic rings. The van der Waals surface area contributed by atoms with Crippen molar-refractivity contribution in [2.75, 3.05) is 25.9 Å². The van der Waals surface area contributed by atoms with Crippen molar-refractivity contribution in [2.24, 2.45) is 0 Å². The smallest absolute Gasteiger partial charge is 0.252 e. The van der Waals surface area contributed by atoms with Gasteiger partial charge in [-0.05, 0) is 40.5 Å². The van der Waals surface area contributed by atoms with Gasteiger partial charge < -0.3 is 5.32 Å². The Labute approximate surface area is 132 Å². The summed E-state index contributed by atoms with van der Waals surface area (Å²) in [5.74, 6) is -0.888. The molecule has 0 radical (unpaired) electrons. The Balaban J connectivity index is 2.49.